The molecule has 2 atom stereocenters. The molecule has 0 bridgehead atoms. The SMILES string of the molecule is c1ccc(-c2ccc3c(c2)B2c4cc5c(cc4Sc4cc(-n6c7ccccc7c7ccccc76)cc(c42)C3c2ccccc2-c2ccccc2)C2(c3ccccc3-5)c3ccccc3-c3cc4c(cc32)Sc2cc(-n3c5ccccc5c5ccccc53)cc3c2B4c2cc(-c4ccccc4)ccc2N3c2ccccc2-c2ccccc2)cc1. The second kappa shape index (κ2) is 25.1. The summed E-state index contributed by atoms with van der Waals surface area (Å²) >= 11 is 3.96. The van der Waals surface area contributed by atoms with Gasteiger partial charge in [-0.25, -0.2) is 0 Å². The van der Waals surface area contributed by atoms with Gasteiger partial charge in [0.05, 0.1) is 33.2 Å². The third-order valence-electron chi connectivity index (χ3n) is 26.6. The van der Waals surface area contributed by atoms with E-state index in [-0.39, 0.29) is 19.3 Å². The predicted octanol–water partition coefficient (Wildman–Crippen LogP) is 24.1. The Kier molecular flexibility index (Phi) is 14.1. The van der Waals surface area contributed by atoms with E-state index in [0.717, 1.165) is 11.4 Å². The van der Waals surface area contributed by atoms with Crippen molar-refractivity contribution in [1.29, 1.82) is 0 Å². The van der Waals surface area contributed by atoms with Crippen LogP contribution in [0.3, 0.4) is 0 Å². The zero-order valence-electron chi connectivity index (χ0n) is 63.5. The monoisotopic (exact) mass is 1520 g/mol. The van der Waals surface area contributed by atoms with Crippen LogP contribution in [0.25, 0.3) is 122 Å². The topological polar surface area (TPSA) is 13.1 Å². The average molecular weight is 1520 g/mol. The van der Waals surface area contributed by atoms with Crippen molar-refractivity contribution in [1.82, 2.24) is 9.13 Å². The molecule has 540 valence electrons. The van der Waals surface area contributed by atoms with E-state index in [1.807, 2.05) is 23.5 Å². The Bertz CT molecular complexity index is 7110. The molecule has 2 unspecified atom stereocenters. The molecular weight excluding hydrogens is 1450 g/mol. The molecule has 6 aliphatic rings. The van der Waals surface area contributed by atoms with E-state index in [9.17, 15) is 0 Å². The van der Waals surface area contributed by atoms with Crippen LogP contribution in [-0.2, 0) is 5.41 Å². The van der Waals surface area contributed by atoms with E-state index < -0.39 is 5.41 Å². The van der Waals surface area contributed by atoms with Gasteiger partial charge in [-0.1, -0.05) is 373 Å². The van der Waals surface area contributed by atoms with Gasteiger partial charge >= 0.3 is 0 Å². The molecule has 26 rings (SSSR count). The van der Waals surface area contributed by atoms with Gasteiger partial charge in [0, 0.05) is 75.4 Å². The third kappa shape index (κ3) is 9.30. The number of benzene rings is 18. The van der Waals surface area contributed by atoms with Gasteiger partial charge in [0.1, 0.15) is 0 Å². The summed E-state index contributed by atoms with van der Waals surface area (Å²) in [4.78, 5) is 7.76. The summed E-state index contributed by atoms with van der Waals surface area (Å²) in [5, 5.41) is 4.99. The van der Waals surface area contributed by atoms with Crippen LogP contribution in [0.2, 0.25) is 0 Å². The highest BCUT2D eigenvalue weighted by Crippen LogP contribution is 2.64. The molecule has 117 heavy (non-hydrogen) atoms. The van der Waals surface area contributed by atoms with Crippen LogP contribution in [0.5, 0.6) is 0 Å². The number of nitrogens with zero attached hydrogens (tertiary/aromatic N) is 3. The van der Waals surface area contributed by atoms with Gasteiger partial charge in [0.2, 0.25) is 13.4 Å². The molecule has 4 aliphatic heterocycles. The molecule has 0 radical (unpaired) electrons. The van der Waals surface area contributed by atoms with Crippen molar-refractivity contribution in [3.63, 3.8) is 0 Å². The highest BCUT2D eigenvalue weighted by Gasteiger charge is 2.55. The Labute approximate surface area is 687 Å². The summed E-state index contributed by atoms with van der Waals surface area (Å²) in [7, 11) is 0. The molecule has 0 saturated heterocycles. The van der Waals surface area contributed by atoms with E-state index in [4.69, 9.17) is 0 Å². The van der Waals surface area contributed by atoms with Crippen molar-refractivity contribution in [2.24, 2.45) is 0 Å². The molecule has 3 nitrogen and oxygen atoms in total. The maximum Gasteiger partial charge on any atom is 0.249 e. The first-order valence-electron chi connectivity index (χ1n) is 40.8. The Morgan fingerprint density at radius 3 is 1.20 bits per heavy atom. The maximum absolute atomic E-state index is 2.70. The van der Waals surface area contributed by atoms with Crippen LogP contribution in [0, 0.1) is 0 Å². The number of hydrogen-bond acceptors (Lipinski definition) is 3. The number of anilines is 3. The molecule has 0 N–H and O–H groups in total. The Hall–Kier alpha value is -13.8. The van der Waals surface area contributed by atoms with Crippen LogP contribution >= 0.6 is 23.5 Å². The maximum atomic E-state index is 2.70. The zero-order chi connectivity index (χ0) is 76.3. The van der Waals surface area contributed by atoms with Gasteiger partial charge in [-0.3, -0.25) is 0 Å². The Morgan fingerprint density at radius 2 is 0.650 bits per heavy atom. The summed E-state index contributed by atoms with van der Waals surface area (Å²) in [6.07, 6.45) is 0. The van der Waals surface area contributed by atoms with Crippen molar-refractivity contribution < 1.29 is 0 Å². The van der Waals surface area contributed by atoms with Gasteiger partial charge in [0.25, 0.3) is 0 Å². The fourth-order valence-electron chi connectivity index (χ4n) is 21.9. The second-order valence-electron chi connectivity index (χ2n) is 32.3. The molecule has 18 aromatic carbocycles. The Morgan fingerprint density at radius 1 is 0.231 bits per heavy atom. The molecule has 20 aromatic rings. The summed E-state index contributed by atoms with van der Waals surface area (Å²) < 4.78 is 5.09. The average Bonchev–Trinajstić information content (AvgIpc) is 1.47. The first kappa shape index (κ1) is 65.6. The van der Waals surface area contributed by atoms with E-state index >= 15 is 0 Å². The van der Waals surface area contributed by atoms with Crippen LogP contribution < -0.4 is 37.7 Å². The minimum absolute atomic E-state index is 0.0984. The molecule has 2 aliphatic carbocycles. The third-order valence-corrected chi connectivity index (χ3v) is 28.8. The van der Waals surface area contributed by atoms with E-state index in [1.54, 1.807) is 0 Å². The molecule has 7 heteroatoms. The minimum Gasteiger partial charge on any atom is -0.311 e. The van der Waals surface area contributed by atoms with E-state index in [0.29, 0.717) is 0 Å². The molecule has 1 spiro atoms. The van der Waals surface area contributed by atoms with Gasteiger partial charge in [-0.15, -0.1) is 0 Å². The standard InChI is InChI=1S/C110H67B2N3S2/c1-5-29-67(30-6-1)71-53-55-84-92(57-71)111-94-63-85-77-39-15-22-46-88(77)110(90(85)65-103(94)116-105-61-73(113-97-49-25-18-41-79(97)80-42-19-26-50-98(80)113)59-87(108(105)111)107(84)83-45-14-13-37-75(83)69-33-9-3-10-34-69)89-47-23-16-40-78(89)86-64-95-104(66-91(86)110)117-106-62-74(114-99-51-27-20-43-81(99)82-44-21-28-52-100(82)114)60-102-109(106)112(95)93-58-72(68-31-7-2-8-32-68)54-56-101(93)115(102)96-48-24-17-38-76(96)70-35-11-4-12-36-70/h1-66,107H. The van der Waals surface area contributed by atoms with Gasteiger partial charge < -0.3 is 14.0 Å². The van der Waals surface area contributed by atoms with Gasteiger partial charge in [0.15, 0.2) is 0 Å². The summed E-state index contributed by atoms with van der Waals surface area (Å²) in [6, 6.07) is 153. The lowest BCUT2D eigenvalue weighted by Crippen LogP contribution is -2.60. The lowest BCUT2D eigenvalue weighted by atomic mass is 9.32. The van der Waals surface area contributed by atoms with E-state index in [2.05, 4.69) is 414 Å². The second-order valence-corrected chi connectivity index (χ2v) is 34.5. The minimum atomic E-state index is -0.685. The highest BCUT2D eigenvalue weighted by atomic mass is 32.2. The normalized spacial score (nSPS) is 15.2. The van der Waals surface area contributed by atoms with Crippen LogP contribution in [0.1, 0.15) is 44.9 Å². The van der Waals surface area contributed by atoms with Crippen LogP contribution in [0.4, 0.5) is 17.1 Å². The summed E-state index contributed by atoms with van der Waals surface area (Å²) in [6.45, 7) is -0.235. The molecule has 2 aromatic heterocycles. The molecule has 6 heterocycles. The lowest BCUT2D eigenvalue weighted by Gasteiger charge is -2.42. The van der Waals surface area contributed by atoms with Crippen LogP contribution in [0.15, 0.2) is 420 Å². The predicted molar refractivity (Wildman–Crippen MR) is 492 cm³/mol. The number of aromatic nitrogens is 2. The van der Waals surface area contributed by atoms with Crippen LogP contribution in [-0.4, -0.2) is 22.6 Å². The molecular formula is C110H67B2N3S2. The first-order chi connectivity index (χ1) is 58.1. The molecule has 0 fully saturated rings. The largest absolute Gasteiger partial charge is 0.311 e. The fraction of sp³-hybridized carbons (Fsp3) is 0.0182. The summed E-state index contributed by atoms with van der Waals surface area (Å²) in [5.41, 5.74) is 42.2. The Balaban J connectivity index is 0.725. The van der Waals surface area contributed by atoms with Crippen molar-refractivity contribution in [3.8, 4) is 78.1 Å². The van der Waals surface area contributed by atoms with Crippen molar-refractivity contribution in [3.05, 3.63) is 439 Å². The first-order valence-corrected chi connectivity index (χ1v) is 42.4. The summed E-state index contributed by atoms with van der Waals surface area (Å²) in [5.74, 6) is -0.0998. The smallest absolute Gasteiger partial charge is 0.249 e. The quantitative estimate of drug-likeness (QED) is 0.141. The highest BCUT2D eigenvalue weighted by molar-refractivity contribution is 8.00. The lowest BCUT2D eigenvalue weighted by molar-refractivity contribution is 0.789. The van der Waals surface area contributed by atoms with Gasteiger partial charge in [-0.05, 0) is 184 Å². The zero-order valence-corrected chi connectivity index (χ0v) is 65.1. The molecule has 0 saturated carbocycles. The van der Waals surface area contributed by atoms with Crippen molar-refractivity contribution >= 4 is 130 Å². The number of fused-ring (bicyclic) bond motifs is 24. The van der Waals surface area contributed by atoms with Gasteiger partial charge in [-0.2, -0.15) is 0 Å². The number of hydrogen-bond donors (Lipinski definition) is 0. The number of rotatable bonds is 8. The fourth-order valence-corrected chi connectivity index (χ4v) is 24.3. The molecule has 0 amide bonds. The van der Waals surface area contributed by atoms with E-state index in [1.165, 1.54) is 219 Å². The van der Waals surface area contributed by atoms with Crippen molar-refractivity contribution in [2.45, 2.75) is 30.9 Å². The van der Waals surface area contributed by atoms with Crippen molar-refractivity contribution in [2.75, 3.05) is 4.90 Å². The number of para-hydroxylation sites is 5.